The third kappa shape index (κ3) is 32.5. The maximum absolute atomic E-state index is 12.0. The van der Waals surface area contributed by atoms with E-state index in [4.69, 9.17) is 0 Å². The molecule has 0 aliphatic carbocycles. The Hall–Kier alpha value is 0.870. The molecule has 2 amide bonds. The van der Waals surface area contributed by atoms with Crippen molar-refractivity contribution in [3.63, 3.8) is 0 Å². The van der Waals surface area contributed by atoms with Gasteiger partial charge in [-0.05, 0) is 37.8 Å². The van der Waals surface area contributed by atoms with Crippen LogP contribution in [0.4, 0.5) is 0 Å². The van der Waals surface area contributed by atoms with Crippen molar-refractivity contribution in [2.24, 2.45) is 0 Å². The Bertz CT molecular complexity index is 1470. The molecule has 0 heterocycles. The summed E-state index contributed by atoms with van der Waals surface area (Å²) in [5.74, 6) is 1.44. The van der Waals surface area contributed by atoms with Crippen molar-refractivity contribution in [2.45, 2.75) is 102 Å². The van der Waals surface area contributed by atoms with E-state index < -0.39 is 15.6 Å². The van der Waals surface area contributed by atoms with Gasteiger partial charge >= 0.3 is 75.4 Å². The van der Waals surface area contributed by atoms with Crippen molar-refractivity contribution in [3.05, 3.63) is 93.0 Å². The summed E-state index contributed by atoms with van der Waals surface area (Å²) in [7, 11) is -4.11. The predicted molar refractivity (Wildman–Crippen MR) is 224 cm³/mol. The Morgan fingerprint density at radius 3 is 1.13 bits per heavy atom. The van der Waals surface area contributed by atoms with E-state index in [-0.39, 0.29) is 101 Å². The van der Waals surface area contributed by atoms with E-state index in [1.54, 1.807) is 31.4 Å². The maximum atomic E-state index is 12.0. The number of hydrogen-bond acceptors (Lipinski definition) is 14. The maximum Gasteiger partial charge on any atom is 1.00 e. The number of phosphoric acid groups is 2. The molecule has 0 saturated heterocycles. The molecule has 0 saturated carbocycles. The summed E-state index contributed by atoms with van der Waals surface area (Å²) in [5, 5.41) is 0. The minimum absolute atomic E-state index is 0. The Labute approximate surface area is 421 Å². The van der Waals surface area contributed by atoms with E-state index >= 15 is 0 Å². The number of rotatable bonds is 33. The summed E-state index contributed by atoms with van der Waals surface area (Å²) in [5.41, 5.74) is 3.73. The van der Waals surface area contributed by atoms with Crippen LogP contribution in [-0.2, 0) is 39.3 Å². The number of amides is 2. The molecule has 2 rings (SSSR count). The number of unbranched alkanes of at least 4 members (excludes halogenated alkanes) is 9. The largest absolute Gasteiger partial charge is 1.00 e. The first kappa shape index (κ1) is 65.1. The van der Waals surface area contributed by atoms with Crippen LogP contribution in [0.5, 0.6) is 0 Å². The van der Waals surface area contributed by atoms with E-state index in [1.807, 2.05) is 74.5 Å². The first-order valence-corrected chi connectivity index (χ1v) is 26.2. The molecular formula is C38H54Li4N2O10P2S4. The first-order valence-electron chi connectivity index (χ1n) is 18.7. The van der Waals surface area contributed by atoms with Gasteiger partial charge in [-0.3, -0.25) is 9.59 Å². The quantitative estimate of drug-likeness (QED) is 0.0222. The second-order valence-electron chi connectivity index (χ2n) is 12.9. The van der Waals surface area contributed by atoms with Gasteiger partial charge in [0.2, 0.25) is 12.8 Å². The van der Waals surface area contributed by atoms with Gasteiger partial charge in [0, 0.05) is 58.6 Å². The zero-order chi connectivity index (χ0) is 41.1. The number of nitrogens with zero attached hydrogens (tertiary/aromatic N) is 2. The van der Waals surface area contributed by atoms with Crippen LogP contribution in [0.3, 0.4) is 0 Å². The van der Waals surface area contributed by atoms with Gasteiger partial charge in [-0.15, -0.1) is 0 Å². The van der Waals surface area contributed by atoms with Crippen LogP contribution in [0.1, 0.15) is 102 Å². The van der Waals surface area contributed by atoms with Gasteiger partial charge in [0.25, 0.3) is 0 Å². The molecule has 0 unspecified atom stereocenters. The fourth-order valence-electron chi connectivity index (χ4n) is 5.45. The summed E-state index contributed by atoms with van der Waals surface area (Å²) in [6.07, 6.45) is 12.1. The molecule has 22 heteroatoms. The second-order valence-corrected chi connectivity index (χ2v) is 20.0. The standard InChI is InChI=1S/C38H58N2O10P2S4.4Li/c1-33(37(23-27-49-51(43,44)45)55-53-29-35-19-13-11-14-20-35)39(31-41)25-17-9-7-5-3-4-6-8-10-18-26-40(32-42)34(2)38(24-28-50-52(46,47)48)56-54-30-36-21-15-12-16-22-36;;;;/h11-16,19-22,31-32H,3-10,17-18,23-30H2,1-2H3,(H2,43,44,45)(H2,46,47,48);;;;/q;4*+1/p-4/b37-33-,38-34-;;;;. The summed E-state index contributed by atoms with van der Waals surface area (Å²) in [4.78, 5) is 72.8. The Morgan fingerprint density at radius 1 is 0.550 bits per heavy atom. The molecule has 0 aromatic heterocycles. The normalized spacial score (nSPS) is 12.0. The van der Waals surface area contributed by atoms with Crippen molar-refractivity contribution in [1.82, 2.24) is 9.80 Å². The molecule has 0 spiro atoms. The number of benzene rings is 2. The average molecular weight is 917 g/mol. The van der Waals surface area contributed by atoms with Crippen LogP contribution in [0, 0.1) is 0 Å². The van der Waals surface area contributed by atoms with Crippen molar-refractivity contribution in [3.8, 4) is 0 Å². The van der Waals surface area contributed by atoms with Crippen LogP contribution in [-0.4, -0.2) is 48.9 Å². The van der Waals surface area contributed by atoms with E-state index in [2.05, 4.69) is 9.05 Å². The van der Waals surface area contributed by atoms with Crippen LogP contribution < -0.4 is 95.0 Å². The van der Waals surface area contributed by atoms with Crippen molar-refractivity contribution < 1.29 is 123 Å². The van der Waals surface area contributed by atoms with E-state index in [1.165, 1.54) is 21.6 Å². The number of phosphoric ester groups is 2. The topological polar surface area (TPSA) is 185 Å². The van der Waals surface area contributed by atoms with Gasteiger partial charge in [0.15, 0.2) is 0 Å². The smallest absolute Gasteiger partial charge is 0.790 e. The van der Waals surface area contributed by atoms with Gasteiger partial charge in [0.05, 0.1) is 28.9 Å². The summed E-state index contributed by atoms with van der Waals surface area (Å²) >= 11 is 0. The van der Waals surface area contributed by atoms with Crippen LogP contribution in [0.25, 0.3) is 0 Å². The average Bonchev–Trinajstić information content (AvgIpc) is 3.16. The minimum Gasteiger partial charge on any atom is -0.790 e. The van der Waals surface area contributed by atoms with E-state index in [0.717, 1.165) is 121 Å². The molecule has 0 atom stereocenters. The Balaban J connectivity index is -0.00000812. The fourth-order valence-corrected chi connectivity index (χ4v) is 11.2. The summed E-state index contributed by atoms with van der Waals surface area (Å²) in [6, 6.07) is 19.8. The van der Waals surface area contributed by atoms with Crippen LogP contribution in [0.15, 0.2) is 81.9 Å². The molecular weight excluding hydrogens is 862 g/mol. The molecule has 0 aliphatic rings. The number of hydrogen-bond donors (Lipinski definition) is 0. The molecule has 60 heavy (non-hydrogen) atoms. The monoisotopic (exact) mass is 916 g/mol. The third-order valence-electron chi connectivity index (χ3n) is 8.58. The molecule has 0 radical (unpaired) electrons. The molecule has 12 nitrogen and oxygen atoms in total. The number of allylic oxidation sites excluding steroid dienone is 2. The van der Waals surface area contributed by atoms with Crippen molar-refractivity contribution in [1.29, 1.82) is 0 Å². The molecule has 2 aromatic rings. The van der Waals surface area contributed by atoms with Gasteiger partial charge in [0.1, 0.15) is 0 Å². The second kappa shape index (κ2) is 39.1. The van der Waals surface area contributed by atoms with Gasteiger partial charge in [-0.2, -0.15) is 0 Å². The van der Waals surface area contributed by atoms with Crippen LogP contribution in [0.2, 0.25) is 0 Å². The zero-order valence-electron chi connectivity index (χ0n) is 36.2. The predicted octanol–water partition coefficient (Wildman–Crippen LogP) is -4.08. The fraction of sp³-hybridized carbons (Fsp3) is 0.526. The first-order chi connectivity index (χ1) is 26.8. The molecule has 0 bridgehead atoms. The van der Waals surface area contributed by atoms with E-state index in [9.17, 15) is 38.3 Å². The van der Waals surface area contributed by atoms with E-state index in [0.29, 0.717) is 13.1 Å². The molecule has 2 aromatic carbocycles. The molecule has 0 aliphatic heterocycles. The molecule has 314 valence electrons. The zero-order valence-corrected chi connectivity index (χ0v) is 41.2. The third-order valence-corrected chi connectivity index (χ3v) is 14.7. The van der Waals surface area contributed by atoms with Crippen LogP contribution >= 0.6 is 58.8 Å². The van der Waals surface area contributed by atoms with Crippen molar-refractivity contribution in [2.75, 3.05) is 26.3 Å². The van der Waals surface area contributed by atoms with Crippen molar-refractivity contribution >= 4 is 71.6 Å². The number of carbonyl (C=O) groups is 2. The molecule has 0 fully saturated rings. The summed E-state index contributed by atoms with van der Waals surface area (Å²) < 4.78 is 30.9. The van der Waals surface area contributed by atoms with Gasteiger partial charge in [-0.1, -0.05) is 155 Å². The van der Waals surface area contributed by atoms with Gasteiger partial charge < -0.3 is 47.6 Å². The Morgan fingerprint density at radius 2 is 0.850 bits per heavy atom. The van der Waals surface area contributed by atoms with Gasteiger partial charge in [-0.25, -0.2) is 0 Å². The SMILES string of the molecule is C/C(=C(\CCOP(=O)([O-])[O-])SSCc1ccccc1)N(C=O)CCCCCCCCCCCCN(C=O)/C(C)=C(/CCOP(=O)([O-])[O-])SSCc1ccccc1.[Li+].[Li+].[Li+].[Li+]. The Kier molecular flexibility index (Phi) is 42.4. The summed E-state index contributed by atoms with van der Waals surface area (Å²) in [6.45, 7) is 4.20. The molecule has 0 N–H and O–H groups in total. The minimum atomic E-state index is -5.09. The number of carbonyl (C=O) groups excluding carboxylic acids is 2.